The molecular weight excluding hydrogens is 420 g/mol. The van der Waals surface area contributed by atoms with Crippen molar-refractivity contribution in [1.29, 1.82) is 0 Å². The molecule has 1 atom stereocenters. The Morgan fingerprint density at radius 1 is 1.12 bits per heavy atom. The summed E-state index contributed by atoms with van der Waals surface area (Å²) in [4.78, 5) is 39.0. The van der Waals surface area contributed by atoms with Gasteiger partial charge in [0, 0.05) is 18.1 Å². The number of imide groups is 1. The van der Waals surface area contributed by atoms with Crippen molar-refractivity contribution in [2.75, 3.05) is 12.4 Å². The molecule has 8 nitrogen and oxygen atoms in total. The molecule has 172 valence electrons. The molecule has 1 fully saturated rings. The van der Waals surface area contributed by atoms with Crippen LogP contribution in [0.5, 0.6) is 5.75 Å². The maximum Gasteiger partial charge on any atom is 0.325 e. The molecule has 0 saturated carbocycles. The summed E-state index contributed by atoms with van der Waals surface area (Å²) in [7, 11) is 1.57. The number of nitrogens with one attached hydrogen (secondary N) is 2. The maximum absolute atomic E-state index is 12.8. The lowest BCUT2D eigenvalue weighted by Gasteiger charge is -2.14. The summed E-state index contributed by atoms with van der Waals surface area (Å²) >= 11 is 0. The molecule has 0 spiro atoms. The number of fused-ring (bicyclic) bond motifs is 1. The topological polar surface area (TPSA) is 92.7 Å². The van der Waals surface area contributed by atoms with E-state index in [1.165, 1.54) is 0 Å². The van der Waals surface area contributed by atoms with Gasteiger partial charge in [0.2, 0.25) is 5.91 Å². The van der Waals surface area contributed by atoms with Gasteiger partial charge < -0.3 is 19.9 Å². The molecule has 0 bridgehead atoms. The molecule has 4 amide bonds. The molecule has 1 saturated heterocycles. The number of carbonyl (C=O) groups excluding carboxylic acids is 3. The first-order valence-electron chi connectivity index (χ1n) is 11.0. The Hall–Kier alpha value is -3.81. The molecule has 33 heavy (non-hydrogen) atoms. The zero-order valence-corrected chi connectivity index (χ0v) is 19.0. The molecule has 1 aliphatic heterocycles. The number of methoxy groups -OCH3 is 1. The number of ether oxygens (including phenoxy) is 1. The van der Waals surface area contributed by atoms with Gasteiger partial charge in [-0.2, -0.15) is 0 Å². The minimum absolute atomic E-state index is 0.132. The van der Waals surface area contributed by atoms with E-state index in [1.807, 2.05) is 30.5 Å². The third-order valence-corrected chi connectivity index (χ3v) is 5.65. The third kappa shape index (κ3) is 4.84. The van der Waals surface area contributed by atoms with Gasteiger partial charge in [0.15, 0.2) is 0 Å². The van der Waals surface area contributed by atoms with Crippen LogP contribution in [0.25, 0.3) is 10.9 Å². The molecular formula is C25H28N4O4. The second-order valence-electron chi connectivity index (χ2n) is 8.63. The van der Waals surface area contributed by atoms with Crippen molar-refractivity contribution in [2.24, 2.45) is 5.92 Å². The van der Waals surface area contributed by atoms with Gasteiger partial charge in [-0.1, -0.05) is 32.0 Å². The van der Waals surface area contributed by atoms with E-state index in [4.69, 9.17) is 4.74 Å². The van der Waals surface area contributed by atoms with Crippen LogP contribution in [0.15, 0.2) is 54.7 Å². The SMILES string of the molecule is COc1ccc(CN2C(=O)NC(CC(=O)Nc3cccc4c3ccn4CC(C)C)C2=O)cc1. The molecule has 2 heterocycles. The average molecular weight is 449 g/mol. The Morgan fingerprint density at radius 3 is 2.58 bits per heavy atom. The number of urea groups is 1. The second kappa shape index (κ2) is 9.36. The van der Waals surface area contributed by atoms with Crippen molar-refractivity contribution in [2.45, 2.75) is 39.4 Å². The molecule has 0 aliphatic carbocycles. The van der Waals surface area contributed by atoms with Crippen molar-refractivity contribution in [3.8, 4) is 5.75 Å². The standard InChI is InChI=1S/C25H28N4O4/c1-16(2)14-28-12-11-19-20(5-4-6-22(19)28)26-23(30)13-21-24(31)29(25(32)27-21)15-17-7-9-18(33-3)10-8-17/h4-12,16,21H,13-15H2,1-3H3,(H,26,30)(H,27,32). The molecule has 2 aromatic carbocycles. The van der Waals surface area contributed by atoms with Gasteiger partial charge in [-0.25, -0.2) is 4.79 Å². The highest BCUT2D eigenvalue weighted by atomic mass is 16.5. The molecule has 4 rings (SSSR count). The highest BCUT2D eigenvalue weighted by Gasteiger charge is 2.39. The van der Waals surface area contributed by atoms with Crippen molar-refractivity contribution < 1.29 is 19.1 Å². The largest absolute Gasteiger partial charge is 0.497 e. The Bertz CT molecular complexity index is 1180. The first-order chi connectivity index (χ1) is 15.9. The molecule has 0 radical (unpaired) electrons. The van der Waals surface area contributed by atoms with E-state index in [-0.39, 0.29) is 18.9 Å². The highest BCUT2D eigenvalue weighted by molar-refractivity contribution is 6.08. The van der Waals surface area contributed by atoms with Crippen molar-refractivity contribution in [3.63, 3.8) is 0 Å². The van der Waals surface area contributed by atoms with E-state index in [9.17, 15) is 14.4 Å². The van der Waals surface area contributed by atoms with Crippen LogP contribution in [0.2, 0.25) is 0 Å². The second-order valence-corrected chi connectivity index (χ2v) is 8.63. The summed E-state index contributed by atoms with van der Waals surface area (Å²) in [6, 6.07) is 13.5. The molecule has 1 aliphatic rings. The number of carbonyl (C=O) groups is 3. The summed E-state index contributed by atoms with van der Waals surface area (Å²) < 4.78 is 7.29. The lowest BCUT2D eigenvalue weighted by molar-refractivity contribution is -0.130. The van der Waals surface area contributed by atoms with Crippen LogP contribution < -0.4 is 15.4 Å². The highest BCUT2D eigenvalue weighted by Crippen LogP contribution is 2.26. The van der Waals surface area contributed by atoms with Crippen LogP contribution in [0.4, 0.5) is 10.5 Å². The van der Waals surface area contributed by atoms with Crippen LogP contribution in [0.3, 0.4) is 0 Å². The van der Waals surface area contributed by atoms with Gasteiger partial charge in [-0.15, -0.1) is 0 Å². The number of amides is 4. The monoisotopic (exact) mass is 448 g/mol. The predicted molar refractivity (Wildman–Crippen MR) is 126 cm³/mol. The van der Waals surface area contributed by atoms with Gasteiger partial charge >= 0.3 is 6.03 Å². The van der Waals surface area contributed by atoms with Gasteiger partial charge in [0.05, 0.1) is 31.3 Å². The van der Waals surface area contributed by atoms with Gasteiger partial charge in [0.25, 0.3) is 5.91 Å². The van der Waals surface area contributed by atoms with E-state index < -0.39 is 18.0 Å². The van der Waals surface area contributed by atoms with Crippen molar-refractivity contribution in [1.82, 2.24) is 14.8 Å². The fourth-order valence-electron chi connectivity index (χ4n) is 4.05. The third-order valence-electron chi connectivity index (χ3n) is 5.65. The van der Waals surface area contributed by atoms with Crippen molar-refractivity contribution in [3.05, 3.63) is 60.3 Å². The summed E-state index contributed by atoms with van der Waals surface area (Å²) in [6.45, 7) is 5.33. The smallest absolute Gasteiger partial charge is 0.325 e. The molecule has 1 unspecified atom stereocenters. The number of rotatable bonds is 8. The minimum atomic E-state index is -0.888. The maximum atomic E-state index is 12.8. The summed E-state index contributed by atoms with van der Waals surface area (Å²) in [5.74, 6) is 0.452. The van der Waals surface area contributed by atoms with E-state index in [1.54, 1.807) is 31.4 Å². The fraction of sp³-hybridized carbons (Fsp3) is 0.320. The van der Waals surface area contributed by atoms with Gasteiger partial charge in [-0.05, 0) is 41.8 Å². The lowest BCUT2D eigenvalue weighted by atomic mass is 10.1. The molecule has 8 heteroatoms. The zero-order valence-electron chi connectivity index (χ0n) is 19.0. The first-order valence-corrected chi connectivity index (χ1v) is 11.0. The Balaban J connectivity index is 1.41. The quantitative estimate of drug-likeness (QED) is 0.513. The summed E-state index contributed by atoms with van der Waals surface area (Å²) in [5.41, 5.74) is 2.52. The van der Waals surface area contributed by atoms with Gasteiger partial charge in [-0.3, -0.25) is 14.5 Å². The Kier molecular flexibility index (Phi) is 6.35. The number of aromatic nitrogens is 1. The molecule has 1 aromatic heterocycles. The van der Waals surface area contributed by atoms with E-state index in [2.05, 4.69) is 29.0 Å². The number of hydrogen-bond acceptors (Lipinski definition) is 4. The van der Waals surface area contributed by atoms with Crippen LogP contribution in [-0.4, -0.2) is 40.5 Å². The van der Waals surface area contributed by atoms with Gasteiger partial charge in [0.1, 0.15) is 11.8 Å². The lowest BCUT2D eigenvalue weighted by Crippen LogP contribution is -2.34. The number of anilines is 1. The summed E-state index contributed by atoms with van der Waals surface area (Å²) in [5, 5.41) is 6.47. The van der Waals surface area contributed by atoms with E-state index in [0.29, 0.717) is 17.4 Å². The minimum Gasteiger partial charge on any atom is -0.497 e. The number of benzene rings is 2. The van der Waals surface area contributed by atoms with E-state index >= 15 is 0 Å². The number of nitrogens with zero attached hydrogens (tertiary/aromatic N) is 2. The number of hydrogen-bond donors (Lipinski definition) is 2. The van der Waals surface area contributed by atoms with Crippen LogP contribution >= 0.6 is 0 Å². The van der Waals surface area contributed by atoms with Crippen LogP contribution in [0, 0.1) is 5.92 Å². The van der Waals surface area contributed by atoms with Crippen LogP contribution in [0.1, 0.15) is 25.8 Å². The predicted octanol–water partition coefficient (Wildman–Crippen LogP) is 3.76. The fourth-order valence-corrected chi connectivity index (χ4v) is 4.05. The zero-order chi connectivity index (χ0) is 23.5. The Morgan fingerprint density at radius 2 is 1.88 bits per heavy atom. The van der Waals surface area contributed by atoms with Crippen LogP contribution in [-0.2, 0) is 22.7 Å². The van der Waals surface area contributed by atoms with E-state index in [0.717, 1.165) is 27.9 Å². The average Bonchev–Trinajstić information content (AvgIpc) is 3.30. The molecule has 2 N–H and O–H groups in total. The normalized spacial score (nSPS) is 15.9. The van der Waals surface area contributed by atoms with Crippen molar-refractivity contribution >= 4 is 34.4 Å². The summed E-state index contributed by atoms with van der Waals surface area (Å²) in [6.07, 6.45) is 1.88. The Labute approximate surface area is 192 Å². The first kappa shape index (κ1) is 22.4. The molecule has 3 aromatic rings.